The molecule has 0 bridgehead atoms. The molecule has 0 aromatic carbocycles. The molecule has 0 radical (unpaired) electrons. The van der Waals surface area contributed by atoms with Crippen LogP contribution in [0.2, 0.25) is 0 Å². The fourth-order valence-corrected chi connectivity index (χ4v) is 1.00. The molecule has 9 heavy (non-hydrogen) atoms. The standard InChI is InChI=1S/C6H9ClN2/c1-2-5-6(3-7)9-4-8-5/h4H,2-3H2,1H3,(H,8,9). The summed E-state index contributed by atoms with van der Waals surface area (Å²) in [6, 6.07) is 0. The molecule has 0 saturated heterocycles. The van der Waals surface area contributed by atoms with E-state index in [2.05, 4.69) is 16.9 Å². The van der Waals surface area contributed by atoms with Crippen molar-refractivity contribution in [2.24, 2.45) is 0 Å². The smallest absolute Gasteiger partial charge is 0.0925 e. The van der Waals surface area contributed by atoms with Gasteiger partial charge in [0.15, 0.2) is 0 Å². The van der Waals surface area contributed by atoms with Crippen molar-refractivity contribution >= 4 is 11.6 Å². The molecule has 0 fully saturated rings. The van der Waals surface area contributed by atoms with E-state index >= 15 is 0 Å². The van der Waals surface area contributed by atoms with Crippen LogP contribution in [-0.2, 0) is 12.3 Å². The summed E-state index contributed by atoms with van der Waals surface area (Å²) >= 11 is 5.57. The van der Waals surface area contributed by atoms with Crippen molar-refractivity contribution in [3.05, 3.63) is 17.7 Å². The van der Waals surface area contributed by atoms with Crippen molar-refractivity contribution in [1.29, 1.82) is 0 Å². The predicted octanol–water partition coefficient (Wildman–Crippen LogP) is 1.71. The Labute approximate surface area is 59.3 Å². The Morgan fingerprint density at radius 2 is 2.56 bits per heavy atom. The van der Waals surface area contributed by atoms with Gasteiger partial charge in [0.05, 0.1) is 17.9 Å². The minimum atomic E-state index is 0.507. The number of halogens is 1. The molecule has 1 heterocycles. The number of aromatic nitrogens is 2. The molecule has 0 aliphatic rings. The van der Waals surface area contributed by atoms with E-state index < -0.39 is 0 Å². The molecule has 0 spiro atoms. The molecule has 0 unspecified atom stereocenters. The zero-order valence-electron chi connectivity index (χ0n) is 5.32. The first-order chi connectivity index (χ1) is 4.38. The van der Waals surface area contributed by atoms with Crippen molar-refractivity contribution in [2.45, 2.75) is 19.2 Å². The lowest BCUT2D eigenvalue weighted by molar-refractivity contribution is 1.03. The van der Waals surface area contributed by atoms with E-state index in [-0.39, 0.29) is 0 Å². The van der Waals surface area contributed by atoms with Gasteiger partial charge in [0, 0.05) is 5.69 Å². The average molecular weight is 145 g/mol. The largest absolute Gasteiger partial charge is 0.348 e. The summed E-state index contributed by atoms with van der Waals surface area (Å²) in [4.78, 5) is 7.03. The van der Waals surface area contributed by atoms with Crippen LogP contribution in [0.25, 0.3) is 0 Å². The second kappa shape index (κ2) is 2.87. The first-order valence-electron chi connectivity index (χ1n) is 2.95. The number of nitrogens with one attached hydrogen (secondary N) is 1. The van der Waals surface area contributed by atoms with Gasteiger partial charge in [-0.25, -0.2) is 4.98 Å². The summed E-state index contributed by atoms with van der Waals surface area (Å²) in [5, 5.41) is 0. The molecule has 0 amide bonds. The van der Waals surface area contributed by atoms with Gasteiger partial charge in [-0.05, 0) is 6.42 Å². The quantitative estimate of drug-likeness (QED) is 0.629. The van der Waals surface area contributed by atoms with E-state index in [1.165, 1.54) is 0 Å². The van der Waals surface area contributed by atoms with Gasteiger partial charge in [-0.15, -0.1) is 11.6 Å². The van der Waals surface area contributed by atoms with Gasteiger partial charge in [0.1, 0.15) is 0 Å². The number of H-pyrrole nitrogens is 1. The predicted molar refractivity (Wildman–Crippen MR) is 37.5 cm³/mol. The van der Waals surface area contributed by atoms with Gasteiger partial charge in [0.25, 0.3) is 0 Å². The highest BCUT2D eigenvalue weighted by atomic mass is 35.5. The molecule has 0 saturated carbocycles. The van der Waals surface area contributed by atoms with E-state index in [4.69, 9.17) is 11.6 Å². The lowest BCUT2D eigenvalue weighted by Gasteiger charge is -1.90. The van der Waals surface area contributed by atoms with E-state index in [0.29, 0.717) is 5.88 Å². The van der Waals surface area contributed by atoms with Gasteiger partial charge < -0.3 is 4.98 Å². The molecule has 50 valence electrons. The fraction of sp³-hybridized carbons (Fsp3) is 0.500. The molecule has 1 aromatic heterocycles. The Balaban J connectivity index is 2.85. The van der Waals surface area contributed by atoms with Gasteiger partial charge in [-0.2, -0.15) is 0 Å². The third kappa shape index (κ3) is 1.24. The zero-order valence-corrected chi connectivity index (χ0v) is 6.07. The highest BCUT2D eigenvalue weighted by molar-refractivity contribution is 6.16. The summed E-state index contributed by atoms with van der Waals surface area (Å²) in [5.74, 6) is 0.507. The van der Waals surface area contributed by atoms with E-state index in [0.717, 1.165) is 17.8 Å². The summed E-state index contributed by atoms with van der Waals surface area (Å²) in [6.07, 6.45) is 2.65. The van der Waals surface area contributed by atoms with Crippen molar-refractivity contribution in [3.63, 3.8) is 0 Å². The van der Waals surface area contributed by atoms with Crippen LogP contribution in [0.1, 0.15) is 18.3 Å². The Bertz CT molecular complexity index is 164. The van der Waals surface area contributed by atoms with Gasteiger partial charge in [-0.1, -0.05) is 6.92 Å². The molecular weight excluding hydrogens is 136 g/mol. The number of imidazole rings is 1. The van der Waals surface area contributed by atoms with E-state index in [1.807, 2.05) is 0 Å². The molecular formula is C6H9ClN2. The van der Waals surface area contributed by atoms with Crippen molar-refractivity contribution < 1.29 is 0 Å². The van der Waals surface area contributed by atoms with Crippen molar-refractivity contribution in [3.8, 4) is 0 Å². The maximum atomic E-state index is 5.57. The number of hydrogen-bond donors (Lipinski definition) is 1. The molecule has 1 aromatic rings. The number of aryl methyl sites for hydroxylation is 1. The maximum Gasteiger partial charge on any atom is 0.0925 e. The molecule has 1 rings (SSSR count). The minimum absolute atomic E-state index is 0.507. The molecule has 3 heteroatoms. The number of rotatable bonds is 2. The van der Waals surface area contributed by atoms with Gasteiger partial charge in [-0.3, -0.25) is 0 Å². The third-order valence-corrected chi connectivity index (χ3v) is 1.54. The maximum absolute atomic E-state index is 5.57. The molecule has 0 aliphatic carbocycles. The van der Waals surface area contributed by atoms with Gasteiger partial charge >= 0.3 is 0 Å². The summed E-state index contributed by atoms with van der Waals surface area (Å²) in [5.41, 5.74) is 2.11. The number of aromatic amines is 1. The van der Waals surface area contributed by atoms with Crippen LogP contribution in [-0.4, -0.2) is 9.97 Å². The average Bonchev–Trinajstić information content (AvgIpc) is 2.33. The van der Waals surface area contributed by atoms with Crippen LogP contribution >= 0.6 is 11.6 Å². The van der Waals surface area contributed by atoms with Gasteiger partial charge in [0.2, 0.25) is 0 Å². The zero-order chi connectivity index (χ0) is 6.69. The summed E-state index contributed by atoms with van der Waals surface area (Å²) < 4.78 is 0. The van der Waals surface area contributed by atoms with Crippen LogP contribution in [0.5, 0.6) is 0 Å². The van der Waals surface area contributed by atoms with Crippen LogP contribution < -0.4 is 0 Å². The van der Waals surface area contributed by atoms with Crippen LogP contribution in [0.15, 0.2) is 6.33 Å². The normalized spacial score (nSPS) is 10.0. The first-order valence-corrected chi connectivity index (χ1v) is 3.49. The van der Waals surface area contributed by atoms with Crippen molar-refractivity contribution in [2.75, 3.05) is 0 Å². The lowest BCUT2D eigenvalue weighted by Crippen LogP contribution is -1.85. The highest BCUT2D eigenvalue weighted by Crippen LogP contribution is 2.05. The molecule has 2 nitrogen and oxygen atoms in total. The Morgan fingerprint density at radius 3 is 3.00 bits per heavy atom. The fourth-order valence-electron chi connectivity index (χ4n) is 0.771. The Kier molecular flexibility index (Phi) is 2.11. The topological polar surface area (TPSA) is 28.7 Å². The van der Waals surface area contributed by atoms with E-state index in [9.17, 15) is 0 Å². The monoisotopic (exact) mass is 144 g/mol. The lowest BCUT2D eigenvalue weighted by atomic mass is 10.3. The SMILES string of the molecule is CCc1[nH]cnc1CCl. The molecule has 0 atom stereocenters. The minimum Gasteiger partial charge on any atom is -0.348 e. The van der Waals surface area contributed by atoms with Crippen LogP contribution in [0.4, 0.5) is 0 Å². The number of hydrogen-bond acceptors (Lipinski definition) is 1. The number of alkyl halides is 1. The second-order valence-electron chi connectivity index (χ2n) is 1.81. The van der Waals surface area contributed by atoms with Crippen LogP contribution in [0, 0.1) is 0 Å². The molecule has 0 aliphatic heterocycles. The Morgan fingerprint density at radius 1 is 1.78 bits per heavy atom. The second-order valence-corrected chi connectivity index (χ2v) is 2.08. The summed E-state index contributed by atoms with van der Waals surface area (Å²) in [7, 11) is 0. The third-order valence-electron chi connectivity index (χ3n) is 1.29. The van der Waals surface area contributed by atoms with E-state index in [1.54, 1.807) is 6.33 Å². The Hall–Kier alpha value is -0.500. The van der Waals surface area contributed by atoms with Crippen molar-refractivity contribution in [1.82, 2.24) is 9.97 Å². The highest BCUT2D eigenvalue weighted by Gasteiger charge is 1.99. The first kappa shape index (κ1) is 6.62. The van der Waals surface area contributed by atoms with Crippen LogP contribution in [0.3, 0.4) is 0 Å². The molecule has 1 N–H and O–H groups in total. The number of nitrogens with zero attached hydrogens (tertiary/aromatic N) is 1. The summed E-state index contributed by atoms with van der Waals surface area (Å²) in [6.45, 7) is 2.07.